The lowest BCUT2D eigenvalue weighted by atomic mass is 10.0. The molecule has 2 rings (SSSR count). The number of ketones is 1. The van der Waals surface area contributed by atoms with Crippen molar-refractivity contribution in [2.75, 3.05) is 0 Å². The van der Waals surface area contributed by atoms with Crippen molar-refractivity contribution in [2.45, 2.75) is 20.8 Å². The van der Waals surface area contributed by atoms with Crippen LogP contribution in [-0.4, -0.2) is 10.8 Å². The number of aromatic nitrogens is 1. The van der Waals surface area contributed by atoms with Crippen LogP contribution < -0.4 is 0 Å². The summed E-state index contributed by atoms with van der Waals surface area (Å²) in [6.07, 6.45) is 0. The maximum Gasteiger partial charge on any atom is 0.212 e. The van der Waals surface area contributed by atoms with E-state index in [0.29, 0.717) is 5.69 Å². The highest BCUT2D eigenvalue weighted by Crippen LogP contribution is 2.20. The van der Waals surface area contributed by atoms with E-state index in [1.54, 1.807) is 12.1 Å². The van der Waals surface area contributed by atoms with E-state index < -0.39 is 5.82 Å². The molecule has 0 spiro atoms. The number of aryl methyl sites for hydroxylation is 1. The van der Waals surface area contributed by atoms with Crippen LogP contribution in [0.15, 0.2) is 24.3 Å². The highest BCUT2D eigenvalue weighted by atomic mass is 19.1. The molecule has 1 N–H and O–H groups in total. The summed E-state index contributed by atoms with van der Waals surface area (Å²) < 4.78 is 13.5. The van der Waals surface area contributed by atoms with E-state index in [1.165, 1.54) is 12.1 Å². The number of aromatic amines is 1. The number of halogens is 1. The van der Waals surface area contributed by atoms with Crippen LogP contribution in [-0.2, 0) is 0 Å². The Bertz CT molecular complexity index is 584. The number of hydrogen-bond donors (Lipinski definition) is 1. The minimum atomic E-state index is -0.484. The molecule has 1 aromatic carbocycles. The lowest BCUT2D eigenvalue weighted by Gasteiger charge is -2.01. The molecule has 2 nitrogen and oxygen atoms in total. The molecule has 0 aliphatic rings. The molecule has 0 saturated heterocycles. The molecule has 0 saturated carbocycles. The smallest absolute Gasteiger partial charge is 0.212 e. The Balaban J connectivity index is 2.52. The minimum absolute atomic E-state index is 0.108. The summed E-state index contributed by atoms with van der Waals surface area (Å²) >= 11 is 0. The SMILES string of the molecule is Cc1[nH]c(C(=O)c2ccccc2F)c(C)c1C. The molecule has 0 unspecified atom stereocenters. The first kappa shape index (κ1) is 11.6. The van der Waals surface area contributed by atoms with Gasteiger partial charge in [0.25, 0.3) is 0 Å². The highest BCUT2D eigenvalue weighted by Gasteiger charge is 2.19. The largest absolute Gasteiger partial charge is 0.356 e. The molecule has 1 aromatic heterocycles. The molecular weight excluding hydrogens is 217 g/mol. The molecule has 88 valence electrons. The van der Waals surface area contributed by atoms with Gasteiger partial charge in [0.2, 0.25) is 5.78 Å². The Hall–Kier alpha value is -1.90. The first-order chi connectivity index (χ1) is 8.02. The number of benzene rings is 1. The summed E-state index contributed by atoms with van der Waals surface area (Å²) in [5, 5.41) is 0. The Morgan fingerprint density at radius 2 is 1.76 bits per heavy atom. The van der Waals surface area contributed by atoms with Crippen molar-refractivity contribution in [3.8, 4) is 0 Å². The van der Waals surface area contributed by atoms with Crippen LogP contribution in [0.5, 0.6) is 0 Å². The zero-order valence-corrected chi connectivity index (χ0v) is 10.1. The zero-order chi connectivity index (χ0) is 12.6. The molecule has 0 aliphatic carbocycles. The van der Waals surface area contributed by atoms with Crippen LogP contribution in [0.3, 0.4) is 0 Å². The Morgan fingerprint density at radius 3 is 2.29 bits per heavy atom. The van der Waals surface area contributed by atoms with Gasteiger partial charge in [0, 0.05) is 5.69 Å². The number of H-pyrrole nitrogens is 1. The molecule has 0 radical (unpaired) electrons. The number of nitrogens with one attached hydrogen (secondary N) is 1. The quantitative estimate of drug-likeness (QED) is 0.790. The van der Waals surface area contributed by atoms with Gasteiger partial charge in [0.1, 0.15) is 5.82 Å². The second kappa shape index (κ2) is 4.17. The van der Waals surface area contributed by atoms with E-state index in [4.69, 9.17) is 0 Å². The van der Waals surface area contributed by atoms with Crippen molar-refractivity contribution in [1.29, 1.82) is 0 Å². The molecule has 2 aromatic rings. The van der Waals surface area contributed by atoms with E-state index in [-0.39, 0.29) is 11.3 Å². The lowest BCUT2D eigenvalue weighted by molar-refractivity contribution is 0.103. The van der Waals surface area contributed by atoms with Gasteiger partial charge in [-0.25, -0.2) is 4.39 Å². The summed E-state index contributed by atoms with van der Waals surface area (Å²) in [5.74, 6) is -0.779. The fourth-order valence-corrected chi connectivity index (χ4v) is 1.85. The van der Waals surface area contributed by atoms with Crippen LogP contribution in [0.2, 0.25) is 0 Å². The van der Waals surface area contributed by atoms with Crippen LogP contribution in [0.1, 0.15) is 32.9 Å². The van der Waals surface area contributed by atoms with Gasteiger partial charge in [0.05, 0.1) is 11.3 Å². The van der Waals surface area contributed by atoms with Gasteiger partial charge >= 0.3 is 0 Å². The van der Waals surface area contributed by atoms with Gasteiger partial charge in [-0.15, -0.1) is 0 Å². The van der Waals surface area contributed by atoms with Gasteiger partial charge in [-0.3, -0.25) is 4.79 Å². The Kier molecular flexibility index (Phi) is 2.84. The summed E-state index contributed by atoms with van der Waals surface area (Å²) in [7, 11) is 0. The third kappa shape index (κ3) is 1.88. The van der Waals surface area contributed by atoms with Crippen molar-refractivity contribution in [1.82, 2.24) is 4.98 Å². The minimum Gasteiger partial charge on any atom is -0.356 e. The molecule has 0 aliphatic heterocycles. The Labute approximate surface area is 99.5 Å². The van der Waals surface area contributed by atoms with Crippen molar-refractivity contribution in [2.24, 2.45) is 0 Å². The summed E-state index contributed by atoms with van der Waals surface area (Å²) in [6.45, 7) is 5.71. The maximum atomic E-state index is 13.5. The van der Waals surface area contributed by atoms with Crippen LogP contribution in [0.4, 0.5) is 4.39 Å². The molecule has 0 fully saturated rings. The molecule has 3 heteroatoms. The van der Waals surface area contributed by atoms with E-state index in [9.17, 15) is 9.18 Å². The normalized spacial score (nSPS) is 10.6. The summed E-state index contributed by atoms with van der Waals surface area (Å²) in [4.78, 5) is 15.2. The van der Waals surface area contributed by atoms with Gasteiger partial charge in [-0.1, -0.05) is 12.1 Å². The monoisotopic (exact) mass is 231 g/mol. The predicted octanol–water partition coefficient (Wildman–Crippen LogP) is 3.31. The van der Waals surface area contributed by atoms with Gasteiger partial charge in [0.15, 0.2) is 0 Å². The number of rotatable bonds is 2. The van der Waals surface area contributed by atoms with Crippen molar-refractivity contribution in [3.05, 3.63) is 58.2 Å². The standard InChI is InChI=1S/C14H14FNO/c1-8-9(2)13(16-10(8)3)14(17)11-6-4-5-7-12(11)15/h4-7,16H,1-3H3. The summed E-state index contributed by atoms with van der Waals surface area (Å²) in [6, 6.07) is 6.03. The molecule has 0 amide bonds. The second-order valence-electron chi connectivity index (χ2n) is 4.18. The fraction of sp³-hybridized carbons (Fsp3) is 0.214. The highest BCUT2D eigenvalue weighted by molar-refractivity contribution is 6.09. The third-order valence-corrected chi connectivity index (χ3v) is 3.16. The average molecular weight is 231 g/mol. The molecular formula is C14H14FNO. The summed E-state index contributed by atoms with van der Waals surface area (Å²) in [5.41, 5.74) is 3.46. The van der Waals surface area contributed by atoms with E-state index in [0.717, 1.165) is 16.8 Å². The maximum absolute atomic E-state index is 13.5. The molecule has 0 bridgehead atoms. The Morgan fingerprint density at radius 1 is 1.12 bits per heavy atom. The van der Waals surface area contributed by atoms with Crippen LogP contribution in [0, 0.1) is 26.6 Å². The molecule has 17 heavy (non-hydrogen) atoms. The van der Waals surface area contributed by atoms with E-state index in [1.807, 2.05) is 20.8 Å². The predicted molar refractivity (Wildman–Crippen MR) is 64.8 cm³/mol. The van der Waals surface area contributed by atoms with Crippen molar-refractivity contribution >= 4 is 5.78 Å². The lowest BCUT2D eigenvalue weighted by Crippen LogP contribution is -2.06. The van der Waals surface area contributed by atoms with E-state index in [2.05, 4.69) is 4.98 Å². The van der Waals surface area contributed by atoms with Crippen molar-refractivity contribution < 1.29 is 9.18 Å². The number of carbonyl (C=O) groups is 1. The van der Waals surface area contributed by atoms with Crippen molar-refractivity contribution in [3.63, 3.8) is 0 Å². The second-order valence-corrected chi connectivity index (χ2v) is 4.18. The number of carbonyl (C=O) groups excluding carboxylic acids is 1. The average Bonchev–Trinajstić information content (AvgIpc) is 2.57. The first-order valence-electron chi connectivity index (χ1n) is 5.47. The zero-order valence-electron chi connectivity index (χ0n) is 10.1. The van der Waals surface area contributed by atoms with Gasteiger partial charge in [-0.05, 0) is 44.0 Å². The topological polar surface area (TPSA) is 32.9 Å². The third-order valence-electron chi connectivity index (χ3n) is 3.16. The van der Waals surface area contributed by atoms with Crippen LogP contribution in [0.25, 0.3) is 0 Å². The van der Waals surface area contributed by atoms with E-state index >= 15 is 0 Å². The molecule has 0 atom stereocenters. The van der Waals surface area contributed by atoms with Crippen LogP contribution >= 0.6 is 0 Å². The number of hydrogen-bond acceptors (Lipinski definition) is 1. The first-order valence-corrected chi connectivity index (χ1v) is 5.47. The van der Waals surface area contributed by atoms with Gasteiger partial charge in [-0.2, -0.15) is 0 Å². The fourth-order valence-electron chi connectivity index (χ4n) is 1.85. The van der Waals surface area contributed by atoms with Gasteiger partial charge < -0.3 is 4.98 Å². The molecule has 1 heterocycles.